The molecule has 0 atom stereocenters. The van der Waals surface area contributed by atoms with E-state index < -0.39 is 0 Å². The van der Waals surface area contributed by atoms with Gasteiger partial charge in [-0.25, -0.2) is 0 Å². The van der Waals surface area contributed by atoms with Gasteiger partial charge in [-0.15, -0.1) is 0 Å². The Balaban J connectivity index is 1.50. The van der Waals surface area contributed by atoms with E-state index in [1.807, 2.05) is 43.3 Å². The molecule has 1 saturated carbocycles. The maximum atomic E-state index is 12.7. The first-order valence-corrected chi connectivity index (χ1v) is 12.3. The molecule has 0 radical (unpaired) electrons. The highest BCUT2D eigenvalue weighted by Crippen LogP contribution is 2.44. The van der Waals surface area contributed by atoms with E-state index in [9.17, 15) is 9.59 Å². The van der Waals surface area contributed by atoms with Crippen LogP contribution in [0, 0.1) is 12.8 Å². The molecule has 2 fully saturated rings. The molecule has 2 aromatic carbocycles. The Morgan fingerprint density at radius 1 is 1.06 bits per heavy atom. The molecule has 7 heteroatoms. The van der Waals surface area contributed by atoms with Gasteiger partial charge in [0.25, 0.3) is 5.91 Å². The summed E-state index contributed by atoms with van der Waals surface area (Å²) in [6, 6.07) is 11.8. The molecule has 4 N–H and O–H groups in total. The van der Waals surface area contributed by atoms with E-state index in [2.05, 4.69) is 40.1 Å². The second-order valence-corrected chi connectivity index (χ2v) is 9.68. The maximum Gasteiger partial charge on any atom is 0.280 e. The average molecular weight is 462 g/mol. The summed E-state index contributed by atoms with van der Waals surface area (Å²) < 4.78 is 0. The van der Waals surface area contributed by atoms with Crippen molar-refractivity contribution in [1.82, 2.24) is 10.6 Å². The Labute approximate surface area is 201 Å². The number of carbonyl (C=O) groups excluding carboxylic acids is 2. The molecule has 2 aliphatic rings. The minimum Gasteiger partial charge on any atom is -0.356 e. The summed E-state index contributed by atoms with van der Waals surface area (Å²) in [6.45, 7) is 7.89. The maximum absolute atomic E-state index is 12.7. The number of aryl methyl sites for hydroxylation is 1. The van der Waals surface area contributed by atoms with E-state index in [1.165, 1.54) is 0 Å². The van der Waals surface area contributed by atoms with Crippen molar-refractivity contribution in [2.24, 2.45) is 10.9 Å². The van der Waals surface area contributed by atoms with Crippen LogP contribution in [0.25, 0.3) is 0 Å². The van der Waals surface area contributed by atoms with Crippen LogP contribution in [0.4, 0.5) is 17.1 Å². The van der Waals surface area contributed by atoms with E-state index in [4.69, 9.17) is 0 Å². The molecule has 4 rings (SSSR count). The second kappa shape index (κ2) is 10.7. The fraction of sp³-hybridized carbons (Fsp3) is 0.444. The standard InChI is InChI=1S/C27H35N5O2/c1-17(2)5-12-25(33)31-24-16-21(10-6-18(24)3)30-23-11-9-20(15-22(23)19-7-8-19)26(34)32-27-28-13-4-14-29-27/h6,9-11,15-17,19,30H,4-5,7-8,12-14H2,1-3H3,(H,31,33)(H2,28,29,32,34). The zero-order valence-corrected chi connectivity index (χ0v) is 20.3. The molecule has 2 amide bonds. The molecule has 0 unspecified atom stereocenters. The molecular weight excluding hydrogens is 426 g/mol. The summed E-state index contributed by atoms with van der Waals surface area (Å²) >= 11 is 0. The van der Waals surface area contributed by atoms with Crippen LogP contribution >= 0.6 is 0 Å². The fourth-order valence-corrected chi connectivity index (χ4v) is 3.97. The number of rotatable bonds is 8. The molecule has 7 nitrogen and oxygen atoms in total. The Hall–Kier alpha value is -3.35. The number of carbonyl (C=O) groups is 2. The minimum atomic E-state index is -0.243. The summed E-state index contributed by atoms with van der Waals surface area (Å²) in [6.07, 6.45) is 4.65. The first-order chi connectivity index (χ1) is 16.4. The molecule has 2 aromatic rings. The van der Waals surface area contributed by atoms with Gasteiger partial charge in [-0.2, -0.15) is 4.99 Å². The van der Waals surface area contributed by atoms with Crippen molar-refractivity contribution in [3.63, 3.8) is 0 Å². The van der Waals surface area contributed by atoms with Crippen molar-refractivity contribution in [3.05, 3.63) is 53.1 Å². The van der Waals surface area contributed by atoms with E-state index in [0.717, 1.165) is 67.0 Å². The van der Waals surface area contributed by atoms with Gasteiger partial charge in [0.2, 0.25) is 5.91 Å². The first-order valence-electron chi connectivity index (χ1n) is 12.3. The van der Waals surface area contributed by atoms with E-state index in [1.54, 1.807) is 0 Å². The van der Waals surface area contributed by atoms with Crippen molar-refractivity contribution in [2.75, 3.05) is 23.7 Å². The second-order valence-electron chi connectivity index (χ2n) is 9.68. The zero-order chi connectivity index (χ0) is 24.1. The lowest BCUT2D eigenvalue weighted by molar-refractivity contribution is -0.116. The summed E-state index contributed by atoms with van der Waals surface area (Å²) in [5.41, 5.74) is 5.47. The third kappa shape index (κ3) is 6.37. The SMILES string of the molecule is Cc1ccc(Nc2ccc(C(=O)N=C3NCCCN3)cc2C2CC2)cc1NC(=O)CCC(C)C. The number of anilines is 3. The van der Waals surface area contributed by atoms with Crippen molar-refractivity contribution in [2.45, 2.75) is 58.8 Å². The van der Waals surface area contributed by atoms with Crippen LogP contribution in [-0.2, 0) is 4.79 Å². The number of hydrogen-bond acceptors (Lipinski definition) is 3. The monoisotopic (exact) mass is 461 g/mol. The molecule has 34 heavy (non-hydrogen) atoms. The summed E-state index contributed by atoms with van der Waals surface area (Å²) in [5.74, 6) is 1.30. The Morgan fingerprint density at radius 3 is 2.53 bits per heavy atom. The number of nitrogens with zero attached hydrogens (tertiary/aromatic N) is 1. The average Bonchev–Trinajstić information content (AvgIpc) is 3.66. The largest absolute Gasteiger partial charge is 0.356 e. The van der Waals surface area contributed by atoms with Gasteiger partial charge >= 0.3 is 0 Å². The number of benzene rings is 2. The van der Waals surface area contributed by atoms with Crippen LogP contribution in [0.3, 0.4) is 0 Å². The zero-order valence-electron chi connectivity index (χ0n) is 20.3. The van der Waals surface area contributed by atoms with E-state index in [-0.39, 0.29) is 11.8 Å². The van der Waals surface area contributed by atoms with Crippen molar-refractivity contribution >= 4 is 34.8 Å². The van der Waals surface area contributed by atoms with Crippen LogP contribution in [-0.4, -0.2) is 30.9 Å². The number of guanidine groups is 1. The molecular formula is C27H35N5O2. The first kappa shape index (κ1) is 23.8. The lowest BCUT2D eigenvalue weighted by Gasteiger charge is -2.17. The Morgan fingerprint density at radius 2 is 1.82 bits per heavy atom. The van der Waals surface area contributed by atoms with Gasteiger partial charge in [-0.3, -0.25) is 9.59 Å². The molecule has 1 saturated heterocycles. The molecule has 0 aromatic heterocycles. The highest BCUT2D eigenvalue weighted by molar-refractivity contribution is 6.03. The van der Waals surface area contributed by atoms with Crippen molar-refractivity contribution in [3.8, 4) is 0 Å². The molecule has 1 aliphatic carbocycles. The normalized spacial score (nSPS) is 15.4. The minimum absolute atomic E-state index is 0.0408. The molecule has 0 spiro atoms. The van der Waals surface area contributed by atoms with Crippen LogP contribution in [0.15, 0.2) is 41.4 Å². The summed E-state index contributed by atoms with van der Waals surface area (Å²) in [4.78, 5) is 29.3. The highest BCUT2D eigenvalue weighted by atomic mass is 16.2. The predicted octanol–water partition coefficient (Wildman–Crippen LogP) is 5.07. The summed E-state index contributed by atoms with van der Waals surface area (Å²) in [5, 5.41) is 12.8. The molecule has 0 bridgehead atoms. The predicted molar refractivity (Wildman–Crippen MR) is 138 cm³/mol. The molecule has 1 heterocycles. The summed E-state index contributed by atoms with van der Waals surface area (Å²) in [7, 11) is 0. The van der Waals surface area contributed by atoms with Gasteiger partial charge < -0.3 is 21.3 Å². The lowest BCUT2D eigenvalue weighted by atomic mass is 10.0. The Bertz CT molecular complexity index is 1080. The third-order valence-corrected chi connectivity index (χ3v) is 6.21. The van der Waals surface area contributed by atoms with Gasteiger partial charge in [0.15, 0.2) is 5.96 Å². The third-order valence-electron chi connectivity index (χ3n) is 6.21. The quantitative estimate of drug-likeness (QED) is 0.440. The number of hydrogen-bond donors (Lipinski definition) is 4. The van der Waals surface area contributed by atoms with Crippen LogP contribution in [0.5, 0.6) is 0 Å². The van der Waals surface area contributed by atoms with Crippen LogP contribution < -0.4 is 21.3 Å². The highest BCUT2D eigenvalue weighted by Gasteiger charge is 2.27. The Kier molecular flexibility index (Phi) is 7.50. The van der Waals surface area contributed by atoms with Gasteiger partial charge in [-0.05, 0) is 85.9 Å². The fourth-order valence-electron chi connectivity index (χ4n) is 3.97. The van der Waals surface area contributed by atoms with Crippen LogP contribution in [0.1, 0.15) is 73.4 Å². The number of amides is 2. The lowest BCUT2D eigenvalue weighted by Crippen LogP contribution is -2.44. The molecule has 1 aliphatic heterocycles. The van der Waals surface area contributed by atoms with E-state index in [0.29, 0.717) is 29.8 Å². The smallest absolute Gasteiger partial charge is 0.280 e. The van der Waals surface area contributed by atoms with Crippen molar-refractivity contribution in [1.29, 1.82) is 0 Å². The molecule has 180 valence electrons. The van der Waals surface area contributed by atoms with Gasteiger partial charge in [0.1, 0.15) is 0 Å². The van der Waals surface area contributed by atoms with Gasteiger partial charge in [-0.1, -0.05) is 19.9 Å². The van der Waals surface area contributed by atoms with Crippen molar-refractivity contribution < 1.29 is 9.59 Å². The number of nitrogens with one attached hydrogen (secondary N) is 4. The van der Waals surface area contributed by atoms with Gasteiger partial charge in [0.05, 0.1) is 0 Å². The van der Waals surface area contributed by atoms with Gasteiger partial charge in [0, 0.05) is 42.1 Å². The van der Waals surface area contributed by atoms with Crippen LogP contribution in [0.2, 0.25) is 0 Å². The van der Waals surface area contributed by atoms with E-state index >= 15 is 0 Å². The topological polar surface area (TPSA) is 94.6 Å². The number of aliphatic imine (C=N–C) groups is 1.